The molecule has 2 aromatic rings. The number of hydrogen-bond acceptors (Lipinski definition) is 3. The van der Waals surface area contributed by atoms with Crippen LogP contribution in [0.3, 0.4) is 0 Å². The second-order valence-electron chi connectivity index (χ2n) is 3.96. The smallest absolute Gasteiger partial charge is 0.342 e. The molecule has 0 saturated heterocycles. The first-order valence-corrected chi connectivity index (χ1v) is 5.49. The Morgan fingerprint density at radius 3 is 2.33 bits per heavy atom. The van der Waals surface area contributed by atoms with Crippen LogP contribution in [0.2, 0.25) is 0 Å². The lowest BCUT2D eigenvalue weighted by molar-refractivity contribution is 0.0599. The summed E-state index contributed by atoms with van der Waals surface area (Å²) in [5.74, 6) is 0.332. The normalized spacial score (nSPS) is 10.4. The zero-order valence-corrected chi connectivity index (χ0v) is 10.4. The molecule has 0 amide bonds. The zero-order valence-electron chi connectivity index (χ0n) is 10.4. The van der Waals surface area contributed by atoms with Gasteiger partial charge in [0.05, 0.1) is 7.11 Å². The molecule has 0 unspecified atom stereocenters. The van der Waals surface area contributed by atoms with Gasteiger partial charge in [0.2, 0.25) is 0 Å². The van der Waals surface area contributed by atoms with Crippen molar-refractivity contribution in [3.63, 3.8) is 0 Å². The van der Waals surface area contributed by atoms with Gasteiger partial charge in [-0.3, -0.25) is 0 Å². The summed E-state index contributed by atoms with van der Waals surface area (Å²) < 4.78 is 23.1. The number of furan rings is 1. The number of aryl methyl sites for hydroxylation is 2. The molecular weight excluding hydrogens is 235 g/mol. The van der Waals surface area contributed by atoms with Gasteiger partial charge in [-0.05, 0) is 31.5 Å². The van der Waals surface area contributed by atoms with Gasteiger partial charge in [0.15, 0.2) is 0 Å². The van der Waals surface area contributed by atoms with Crippen molar-refractivity contribution >= 4 is 5.97 Å². The van der Waals surface area contributed by atoms with E-state index >= 15 is 0 Å². The number of carbonyl (C=O) groups excluding carboxylic acids is 1. The standard InChI is InChI=1S/C14H13FO3/c1-8-12(10-4-6-11(15)7-5-10)13(9(2)18-8)14(16)17-3/h4-7H,1-3H3. The van der Waals surface area contributed by atoms with E-state index in [1.807, 2.05) is 0 Å². The molecule has 1 aromatic heterocycles. The SMILES string of the molecule is COC(=O)c1c(C)oc(C)c1-c1ccc(F)cc1. The highest BCUT2D eigenvalue weighted by Gasteiger charge is 2.23. The molecule has 18 heavy (non-hydrogen) atoms. The van der Waals surface area contributed by atoms with Gasteiger partial charge in [-0.15, -0.1) is 0 Å². The van der Waals surface area contributed by atoms with Crippen LogP contribution in [-0.4, -0.2) is 13.1 Å². The summed E-state index contributed by atoms with van der Waals surface area (Å²) in [5.41, 5.74) is 1.77. The Kier molecular flexibility index (Phi) is 3.19. The van der Waals surface area contributed by atoms with Crippen LogP contribution >= 0.6 is 0 Å². The summed E-state index contributed by atoms with van der Waals surface area (Å²) in [5, 5.41) is 0. The number of esters is 1. The number of methoxy groups -OCH3 is 1. The molecule has 0 N–H and O–H groups in total. The second-order valence-corrected chi connectivity index (χ2v) is 3.96. The van der Waals surface area contributed by atoms with Crippen LogP contribution in [0.1, 0.15) is 21.9 Å². The Hall–Kier alpha value is -2.10. The molecule has 0 aliphatic carbocycles. The molecule has 0 fully saturated rings. The summed E-state index contributed by atoms with van der Waals surface area (Å²) in [7, 11) is 1.32. The third-order valence-electron chi connectivity index (χ3n) is 2.78. The monoisotopic (exact) mass is 248 g/mol. The average Bonchev–Trinajstić information content (AvgIpc) is 2.64. The minimum atomic E-state index is -0.455. The number of benzene rings is 1. The van der Waals surface area contributed by atoms with Crippen molar-refractivity contribution in [2.45, 2.75) is 13.8 Å². The van der Waals surface area contributed by atoms with Crippen LogP contribution in [-0.2, 0) is 4.74 Å². The largest absolute Gasteiger partial charge is 0.465 e. The van der Waals surface area contributed by atoms with E-state index in [2.05, 4.69) is 0 Å². The predicted molar refractivity (Wildman–Crippen MR) is 64.9 cm³/mol. The minimum Gasteiger partial charge on any atom is -0.465 e. The van der Waals surface area contributed by atoms with E-state index in [1.54, 1.807) is 26.0 Å². The van der Waals surface area contributed by atoms with Crippen LogP contribution in [0.25, 0.3) is 11.1 Å². The Bertz CT molecular complexity index is 582. The number of halogens is 1. The van der Waals surface area contributed by atoms with Crippen LogP contribution in [0.15, 0.2) is 28.7 Å². The van der Waals surface area contributed by atoms with Gasteiger partial charge in [0, 0.05) is 5.56 Å². The van der Waals surface area contributed by atoms with Gasteiger partial charge in [-0.2, -0.15) is 0 Å². The first-order valence-electron chi connectivity index (χ1n) is 5.49. The van der Waals surface area contributed by atoms with Crippen LogP contribution in [0, 0.1) is 19.7 Å². The molecule has 94 valence electrons. The Labute approximate surface area is 104 Å². The molecule has 0 aliphatic heterocycles. The van der Waals surface area contributed by atoms with Crippen LogP contribution < -0.4 is 0 Å². The molecule has 2 rings (SSSR count). The highest BCUT2D eigenvalue weighted by atomic mass is 19.1. The summed E-state index contributed by atoms with van der Waals surface area (Å²) in [6.07, 6.45) is 0. The third kappa shape index (κ3) is 2.01. The van der Waals surface area contributed by atoms with Crippen molar-refractivity contribution in [1.29, 1.82) is 0 Å². The third-order valence-corrected chi connectivity index (χ3v) is 2.78. The van der Waals surface area contributed by atoms with E-state index in [9.17, 15) is 9.18 Å². The Balaban J connectivity index is 2.63. The molecule has 0 radical (unpaired) electrons. The van der Waals surface area contributed by atoms with E-state index < -0.39 is 5.97 Å². The molecule has 0 bridgehead atoms. The molecule has 0 saturated carbocycles. The van der Waals surface area contributed by atoms with Gasteiger partial charge in [-0.25, -0.2) is 9.18 Å². The lowest BCUT2D eigenvalue weighted by Gasteiger charge is -2.03. The molecule has 0 spiro atoms. The summed E-state index contributed by atoms with van der Waals surface area (Å²) in [4.78, 5) is 11.8. The van der Waals surface area contributed by atoms with Crippen molar-refractivity contribution < 1.29 is 18.3 Å². The maximum atomic E-state index is 12.9. The van der Waals surface area contributed by atoms with Gasteiger partial charge in [0.25, 0.3) is 0 Å². The van der Waals surface area contributed by atoms with Gasteiger partial charge in [-0.1, -0.05) is 12.1 Å². The number of hydrogen-bond donors (Lipinski definition) is 0. The van der Waals surface area contributed by atoms with Gasteiger partial charge < -0.3 is 9.15 Å². The first kappa shape index (κ1) is 12.4. The molecule has 1 heterocycles. The van der Waals surface area contributed by atoms with E-state index in [-0.39, 0.29) is 5.82 Å². The van der Waals surface area contributed by atoms with Crippen LogP contribution in [0.4, 0.5) is 4.39 Å². The fraction of sp³-hybridized carbons (Fsp3) is 0.214. The Morgan fingerprint density at radius 2 is 1.78 bits per heavy atom. The van der Waals surface area contributed by atoms with Crippen molar-refractivity contribution in [2.24, 2.45) is 0 Å². The van der Waals surface area contributed by atoms with E-state index in [0.29, 0.717) is 22.6 Å². The second kappa shape index (κ2) is 4.64. The molecule has 1 aromatic carbocycles. The van der Waals surface area contributed by atoms with Crippen molar-refractivity contribution in [2.75, 3.05) is 7.11 Å². The average molecular weight is 248 g/mol. The summed E-state index contributed by atoms with van der Waals surface area (Å²) in [6, 6.07) is 5.91. The number of ether oxygens (including phenoxy) is 1. The quantitative estimate of drug-likeness (QED) is 0.764. The predicted octanol–water partition coefficient (Wildman–Crippen LogP) is 3.49. The minimum absolute atomic E-state index is 0.323. The highest BCUT2D eigenvalue weighted by molar-refractivity contribution is 5.99. The topological polar surface area (TPSA) is 39.4 Å². The maximum Gasteiger partial charge on any atom is 0.342 e. The lowest BCUT2D eigenvalue weighted by Crippen LogP contribution is -2.03. The highest BCUT2D eigenvalue weighted by Crippen LogP contribution is 2.32. The van der Waals surface area contributed by atoms with E-state index in [1.165, 1.54) is 19.2 Å². The summed E-state index contributed by atoms with van der Waals surface area (Å²) in [6.45, 7) is 3.46. The number of rotatable bonds is 2. The van der Waals surface area contributed by atoms with Gasteiger partial charge >= 0.3 is 5.97 Å². The van der Waals surface area contributed by atoms with Crippen LogP contribution in [0.5, 0.6) is 0 Å². The molecular formula is C14H13FO3. The van der Waals surface area contributed by atoms with E-state index in [0.717, 1.165) is 5.56 Å². The lowest BCUT2D eigenvalue weighted by atomic mass is 10.0. The van der Waals surface area contributed by atoms with E-state index in [4.69, 9.17) is 9.15 Å². The molecule has 3 nitrogen and oxygen atoms in total. The number of carbonyl (C=O) groups is 1. The van der Waals surface area contributed by atoms with Crippen molar-refractivity contribution in [1.82, 2.24) is 0 Å². The van der Waals surface area contributed by atoms with Crippen molar-refractivity contribution in [3.8, 4) is 11.1 Å². The summed E-state index contributed by atoms with van der Waals surface area (Å²) >= 11 is 0. The first-order chi connectivity index (χ1) is 8.54. The fourth-order valence-electron chi connectivity index (χ4n) is 2.00. The zero-order chi connectivity index (χ0) is 13.3. The molecule has 0 aliphatic rings. The van der Waals surface area contributed by atoms with Gasteiger partial charge in [0.1, 0.15) is 22.9 Å². The molecule has 4 heteroatoms. The Morgan fingerprint density at radius 1 is 1.17 bits per heavy atom. The fourth-order valence-corrected chi connectivity index (χ4v) is 2.00. The molecule has 0 atom stereocenters. The maximum absolute atomic E-state index is 12.9. The van der Waals surface area contributed by atoms with Crippen molar-refractivity contribution in [3.05, 3.63) is 47.2 Å².